The lowest BCUT2D eigenvalue weighted by atomic mass is 9.47. The van der Waals surface area contributed by atoms with E-state index in [0.29, 0.717) is 0 Å². The van der Waals surface area contributed by atoms with Crippen LogP contribution in [0.3, 0.4) is 0 Å². The first-order valence-electron chi connectivity index (χ1n) is 26.5. The summed E-state index contributed by atoms with van der Waals surface area (Å²) in [6.45, 7) is 0.852. The fourth-order valence-electron chi connectivity index (χ4n) is 25.9. The molecule has 1 saturated heterocycles. The van der Waals surface area contributed by atoms with Crippen molar-refractivity contribution >= 4 is 297 Å². The molecule has 1 N–H and O–H groups in total. The molecule has 1 atom stereocenters. The Morgan fingerprint density at radius 1 is 0.306 bits per heavy atom. The first kappa shape index (κ1) is 26.9. The van der Waals surface area contributed by atoms with E-state index in [0.717, 1.165) is 6.54 Å². The van der Waals surface area contributed by atoms with Gasteiger partial charge in [0.1, 0.15) is 0 Å². The van der Waals surface area contributed by atoms with Crippen molar-refractivity contribution in [3.8, 4) is 0 Å². The number of benzene rings is 19. The van der Waals surface area contributed by atoms with Gasteiger partial charge in [0.2, 0.25) is 0 Å². The zero-order valence-electron chi connectivity index (χ0n) is 36.4. The Bertz CT molecular complexity index is 7320. The number of hydrogen-bond acceptors (Lipinski definition) is 3. The Balaban J connectivity index is 1.14. The summed E-state index contributed by atoms with van der Waals surface area (Å²) in [5, 5.41) is 104. The van der Waals surface area contributed by atoms with Gasteiger partial charge in [-0.05, 0) is 319 Å². The molecule has 0 bridgehead atoms. The number of nitrogens with zero attached hydrogens (tertiary/aromatic N) is 1. The molecule has 302 valence electrons. The fraction of sp³-hybridized carbons (Fsp3) is 0.0588. The fourth-order valence-corrected chi connectivity index (χ4v) is 25.9. The van der Waals surface area contributed by atoms with Crippen molar-refractivity contribution in [2.75, 3.05) is 6.54 Å². The lowest BCUT2D eigenvalue weighted by Crippen LogP contribution is -2.51. The highest BCUT2D eigenvalue weighted by molar-refractivity contribution is 6.82. The molecular weight excluding hydrogens is 877 g/mol. The maximum atomic E-state index is 12.5. The number of hydrogen-bond donors (Lipinski definition) is 1. The second kappa shape index (κ2) is 6.08. The number of rotatable bonds is 2. The highest BCUT2D eigenvalue weighted by Gasteiger charge is 2.74. The minimum Gasteiger partial charge on any atom is -0.308 e. The monoisotopic (exact) mass is 884 g/mol. The molecule has 1 aliphatic heterocycles. The summed E-state index contributed by atoms with van der Waals surface area (Å²) >= 11 is 0. The van der Waals surface area contributed by atoms with Gasteiger partial charge in [-0.15, -0.1) is 0 Å². The molecular formula is C68H8N2O2. The second-order valence-electron chi connectivity index (χ2n) is 26.1. The molecule has 5 aliphatic rings. The maximum absolute atomic E-state index is 12.5. The van der Waals surface area contributed by atoms with Gasteiger partial charge in [-0.3, -0.25) is 10.1 Å². The van der Waals surface area contributed by atoms with Crippen LogP contribution in [-0.2, 0) is 10.8 Å². The first-order valence-corrected chi connectivity index (χ1v) is 26.5. The van der Waals surface area contributed by atoms with E-state index >= 15 is 0 Å². The van der Waals surface area contributed by atoms with Crippen LogP contribution in [0.4, 0.5) is 5.69 Å². The third kappa shape index (κ3) is 1.42. The molecule has 1 fully saturated rings. The molecule has 4 heteroatoms. The number of non-ortho nitro benzene ring substituents is 1. The van der Waals surface area contributed by atoms with Gasteiger partial charge in [-0.2, -0.15) is 0 Å². The van der Waals surface area contributed by atoms with Gasteiger partial charge in [-0.25, -0.2) is 0 Å². The molecule has 72 heavy (non-hydrogen) atoms. The lowest BCUT2D eigenvalue weighted by Gasteiger charge is -2.52. The van der Waals surface area contributed by atoms with E-state index in [4.69, 9.17) is 0 Å². The minimum absolute atomic E-state index is 0.0888. The van der Waals surface area contributed by atoms with Gasteiger partial charge in [0.25, 0.3) is 5.69 Å². The van der Waals surface area contributed by atoms with Crippen LogP contribution in [0.5, 0.6) is 0 Å². The molecule has 0 amide bonds. The van der Waals surface area contributed by atoms with Crippen LogP contribution in [0.2, 0.25) is 0 Å². The SMILES string of the molecule is O=[N+]([O-])c1ccc(C2NCC34c5c6c7c8c9c%10c(c%11c%12c3c3c5c5c%13c6c6c7c7c9c9c%14c%10c%10c%11c%11c%12c%12c3c3c5c5c%13c%13c6c6c7c9c7c9c%14c%10c%10c%11c%11c%12c3c3c5c5c%13c6c7c6c9c%10c%11c3c56)C824)cc1. The van der Waals surface area contributed by atoms with Gasteiger partial charge in [0.05, 0.1) is 15.8 Å². The molecule has 29 aromatic carbocycles. The van der Waals surface area contributed by atoms with Crippen molar-refractivity contribution in [2.24, 2.45) is 0 Å². The van der Waals surface area contributed by atoms with Crippen molar-refractivity contribution in [1.82, 2.24) is 5.32 Å². The predicted molar refractivity (Wildman–Crippen MR) is 298 cm³/mol. The van der Waals surface area contributed by atoms with Crippen molar-refractivity contribution in [2.45, 2.75) is 16.9 Å². The molecule has 34 rings (SSSR count). The highest BCUT2D eigenvalue weighted by Crippen LogP contribution is 2.86. The summed E-state index contributed by atoms with van der Waals surface area (Å²) in [5.41, 5.74) is 7.08. The normalized spacial score (nSPS) is 23.2. The average molecular weight is 885 g/mol. The van der Waals surface area contributed by atoms with E-state index in [1.54, 1.807) is 313 Å². The van der Waals surface area contributed by atoms with Crippen LogP contribution < -0.4 is 5.32 Å². The maximum Gasteiger partial charge on any atom is 0.269 e. The van der Waals surface area contributed by atoms with Gasteiger partial charge in [0, 0.05) is 24.7 Å². The van der Waals surface area contributed by atoms with Crippen LogP contribution in [-0.4, -0.2) is 11.5 Å². The summed E-state index contributed by atoms with van der Waals surface area (Å²) < 4.78 is 0. The molecule has 2 spiro atoms. The van der Waals surface area contributed by atoms with Gasteiger partial charge >= 0.3 is 0 Å². The third-order valence-corrected chi connectivity index (χ3v) is 26.0. The van der Waals surface area contributed by atoms with Crippen LogP contribution in [0, 0.1) is 10.1 Å². The standard InChI is InChI=1S/C68H8N2O2/c71-70(72)7-3-1-6(2-4-7)66-68-64-58-52-42-30-22-14-10-8-9-12-16(14)24(30)34-28-20(12)21-13(9)17-15-11(8)19-18(10)26-32(22)40-46-36(26)37-27(19)33-23(15)31-25(17)35-29(21)39-38(28)50(44(34)52)60(64)61-51(39)45(35)53-43(31)49-41(33)47(37)55-54(46)62(56(58)48(40)42)67(68,5-69-66)63(55)57(49)59(53)65(61)68/h1-4,66,69H,5H2. The smallest absolute Gasteiger partial charge is 0.269 e. The van der Waals surface area contributed by atoms with Crippen LogP contribution in [0.15, 0.2) is 24.3 Å². The molecule has 0 radical (unpaired) electrons. The van der Waals surface area contributed by atoms with E-state index in [-0.39, 0.29) is 22.1 Å². The minimum atomic E-state index is -0.478. The largest absolute Gasteiger partial charge is 0.308 e. The van der Waals surface area contributed by atoms with Crippen molar-refractivity contribution in [3.05, 3.63) is 62.2 Å². The number of nitro groups is 1. The highest BCUT2D eigenvalue weighted by atomic mass is 16.6. The van der Waals surface area contributed by atoms with E-state index in [9.17, 15) is 10.1 Å². The van der Waals surface area contributed by atoms with Gasteiger partial charge in [0.15, 0.2) is 0 Å². The number of nitrogens with one attached hydrogen (secondary N) is 1. The van der Waals surface area contributed by atoms with Crippen LogP contribution in [0.1, 0.15) is 33.9 Å². The zero-order chi connectivity index (χ0) is 43.0. The zero-order valence-corrected chi connectivity index (χ0v) is 36.4. The summed E-state index contributed by atoms with van der Waals surface area (Å²) in [5.74, 6) is 0. The molecule has 0 aromatic heterocycles. The lowest BCUT2D eigenvalue weighted by molar-refractivity contribution is -0.384. The summed E-state index contributed by atoms with van der Waals surface area (Å²) in [6, 6.07) is 7.84. The second-order valence-corrected chi connectivity index (χ2v) is 26.1. The molecule has 4 aliphatic carbocycles. The Hall–Kier alpha value is -8.96. The predicted octanol–water partition coefficient (Wildman–Crippen LogP) is 17.5. The van der Waals surface area contributed by atoms with E-state index < -0.39 is 5.41 Å². The Labute approximate surface area is 390 Å². The van der Waals surface area contributed by atoms with E-state index in [2.05, 4.69) is 17.4 Å². The topological polar surface area (TPSA) is 55.2 Å². The van der Waals surface area contributed by atoms with Gasteiger partial charge < -0.3 is 5.32 Å². The van der Waals surface area contributed by atoms with Crippen LogP contribution >= 0.6 is 0 Å². The average Bonchev–Trinajstić information content (AvgIpc) is 4.42. The molecule has 1 heterocycles. The molecule has 0 saturated carbocycles. The van der Waals surface area contributed by atoms with Gasteiger partial charge in [-0.1, -0.05) is 12.1 Å². The quantitative estimate of drug-likeness (QED) is 0.107. The Morgan fingerprint density at radius 2 is 0.500 bits per heavy atom. The third-order valence-electron chi connectivity index (χ3n) is 26.0. The molecule has 1 unspecified atom stereocenters. The summed E-state index contributed by atoms with van der Waals surface area (Å²) in [4.78, 5) is 12.3. The van der Waals surface area contributed by atoms with Crippen molar-refractivity contribution < 1.29 is 4.92 Å². The number of nitro benzene ring substituents is 1. The van der Waals surface area contributed by atoms with E-state index in [1.807, 2.05) is 12.1 Å². The van der Waals surface area contributed by atoms with Crippen molar-refractivity contribution in [3.63, 3.8) is 0 Å². The molecule has 29 aromatic rings. The Morgan fingerprint density at radius 3 is 0.708 bits per heavy atom. The molecule has 4 nitrogen and oxygen atoms in total. The van der Waals surface area contributed by atoms with Crippen molar-refractivity contribution in [1.29, 1.82) is 0 Å². The van der Waals surface area contributed by atoms with Crippen LogP contribution in [0.25, 0.3) is 291 Å². The van der Waals surface area contributed by atoms with E-state index in [1.165, 1.54) is 5.56 Å². The first-order chi connectivity index (χ1) is 35.7. The Kier molecular flexibility index (Phi) is 2.27. The summed E-state index contributed by atoms with van der Waals surface area (Å²) in [7, 11) is 0. The summed E-state index contributed by atoms with van der Waals surface area (Å²) in [6.07, 6.45) is 0.